The summed E-state index contributed by atoms with van der Waals surface area (Å²) in [6.45, 7) is 7.24. The molecule has 0 saturated carbocycles. The second-order valence-electron chi connectivity index (χ2n) is 6.66. The lowest BCUT2D eigenvalue weighted by atomic mass is 9.79. The first-order chi connectivity index (χ1) is 12.1. The third-order valence-electron chi connectivity index (χ3n) is 4.43. The lowest BCUT2D eigenvalue weighted by Gasteiger charge is -2.32. The predicted octanol–water partition coefficient (Wildman–Crippen LogP) is 2.50. The van der Waals surface area contributed by atoms with Crippen molar-refractivity contribution in [3.63, 3.8) is 0 Å². The Bertz CT molecular complexity index is 852. The molecule has 6 nitrogen and oxygen atoms in total. The lowest BCUT2D eigenvalue weighted by Crippen LogP contribution is -2.41. The number of nitriles is 3. The van der Waals surface area contributed by atoms with Crippen molar-refractivity contribution in [1.82, 2.24) is 0 Å². The van der Waals surface area contributed by atoms with Gasteiger partial charge in [0.2, 0.25) is 0 Å². The molecular formula is C17H15BF2N4O2. The summed E-state index contributed by atoms with van der Waals surface area (Å²) < 4.78 is 40.3. The van der Waals surface area contributed by atoms with Crippen LogP contribution in [0.2, 0.25) is 0 Å². The van der Waals surface area contributed by atoms with Crippen molar-refractivity contribution in [2.45, 2.75) is 38.9 Å². The Morgan fingerprint density at radius 3 is 1.81 bits per heavy atom. The van der Waals surface area contributed by atoms with Crippen LogP contribution in [0.5, 0.6) is 0 Å². The molecule has 1 heterocycles. The highest BCUT2D eigenvalue weighted by Crippen LogP contribution is 2.36. The topological polar surface area (TPSA) is 102 Å². The molecular weight excluding hydrogens is 341 g/mol. The summed E-state index contributed by atoms with van der Waals surface area (Å²) in [5, 5.41) is 28.7. The van der Waals surface area contributed by atoms with Crippen molar-refractivity contribution >= 4 is 18.3 Å². The summed E-state index contributed by atoms with van der Waals surface area (Å²) in [5.41, 5.74) is -2.99. The highest BCUT2D eigenvalue weighted by Gasteiger charge is 2.52. The van der Waals surface area contributed by atoms with Gasteiger partial charge in [-0.25, -0.2) is 8.78 Å². The molecule has 26 heavy (non-hydrogen) atoms. The van der Waals surface area contributed by atoms with Gasteiger partial charge < -0.3 is 14.6 Å². The van der Waals surface area contributed by atoms with Gasteiger partial charge in [-0.3, -0.25) is 0 Å². The van der Waals surface area contributed by atoms with Crippen LogP contribution in [0.1, 0.15) is 27.7 Å². The van der Waals surface area contributed by atoms with Gasteiger partial charge in [-0.05, 0) is 45.3 Å². The average molecular weight is 356 g/mol. The number of halogens is 2. The van der Waals surface area contributed by atoms with E-state index in [0.29, 0.717) is 0 Å². The molecule has 132 valence electrons. The minimum Gasteiger partial charge on any atom is -0.399 e. The van der Waals surface area contributed by atoms with Crippen LogP contribution in [-0.4, -0.2) is 18.3 Å². The number of anilines is 1. The number of rotatable bonds is 3. The Morgan fingerprint density at radius 1 is 0.962 bits per heavy atom. The molecule has 0 amide bonds. The summed E-state index contributed by atoms with van der Waals surface area (Å²) in [7, 11) is -0.960. The molecule has 0 unspecified atom stereocenters. The minimum atomic E-state index is -1.02. The first-order valence-corrected chi connectivity index (χ1v) is 7.62. The van der Waals surface area contributed by atoms with Gasteiger partial charge in [-0.2, -0.15) is 15.8 Å². The Kier molecular flexibility index (Phi) is 5.05. The van der Waals surface area contributed by atoms with Gasteiger partial charge >= 0.3 is 7.12 Å². The summed E-state index contributed by atoms with van der Waals surface area (Å²) >= 11 is 0. The van der Waals surface area contributed by atoms with Crippen LogP contribution >= 0.6 is 0 Å². The van der Waals surface area contributed by atoms with Crippen LogP contribution in [0.25, 0.3) is 0 Å². The Labute approximate surface area is 150 Å². The SMILES string of the molecule is CC1(C)OB(c2cc(F)c(NC(C#N)=C(C#N)C#N)c(F)c2)OC1(C)C. The maximum atomic E-state index is 14.4. The number of nitrogens with zero attached hydrogens (tertiary/aromatic N) is 3. The van der Waals surface area contributed by atoms with Gasteiger partial charge in [0, 0.05) is 0 Å². The van der Waals surface area contributed by atoms with Gasteiger partial charge in [0.1, 0.15) is 41.2 Å². The molecule has 0 radical (unpaired) electrons. The fourth-order valence-electron chi connectivity index (χ4n) is 2.24. The van der Waals surface area contributed by atoms with Crippen LogP contribution < -0.4 is 10.8 Å². The van der Waals surface area contributed by atoms with Crippen LogP contribution in [0.15, 0.2) is 23.4 Å². The monoisotopic (exact) mass is 356 g/mol. The molecule has 1 aromatic rings. The van der Waals surface area contributed by atoms with Gasteiger partial charge in [-0.15, -0.1) is 0 Å². The Hall–Kier alpha value is -2.93. The third-order valence-corrected chi connectivity index (χ3v) is 4.43. The van der Waals surface area contributed by atoms with Gasteiger partial charge in [-0.1, -0.05) is 0 Å². The molecule has 1 aliphatic heterocycles. The first kappa shape index (κ1) is 19.4. The van der Waals surface area contributed by atoms with Crippen molar-refractivity contribution < 1.29 is 18.1 Å². The van der Waals surface area contributed by atoms with Crippen molar-refractivity contribution in [1.29, 1.82) is 15.8 Å². The summed E-state index contributed by atoms with van der Waals surface area (Å²) in [5.74, 6) is -2.03. The molecule has 1 N–H and O–H groups in total. The van der Waals surface area contributed by atoms with Crippen molar-refractivity contribution in [2.24, 2.45) is 0 Å². The fraction of sp³-hybridized carbons (Fsp3) is 0.353. The molecule has 2 rings (SSSR count). The fourth-order valence-corrected chi connectivity index (χ4v) is 2.24. The lowest BCUT2D eigenvalue weighted by molar-refractivity contribution is 0.00578. The molecule has 1 saturated heterocycles. The molecule has 1 fully saturated rings. The number of nitrogens with one attached hydrogen (secondary N) is 1. The maximum absolute atomic E-state index is 14.4. The zero-order valence-electron chi connectivity index (χ0n) is 14.6. The molecule has 0 bridgehead atoms. The van der Waals surface area contributed by atoms with Crippen LogP contribution in [-0.2, 0) is 9.31 Å². The van der Waals surface area contributed by atoms with Gasteiger partial charge in [0.15, 0.2) is 5.57 Å². The average Bonchev–Trinajstić information content (AvgIpc) is 2.77. The first-order valence-electron chi connectivity index (χ1n) is 7.62. The van der Waals surface area contributed by atoms with Crippen molar-refractivity contribution in [3.05, 3.63) is 35.0 Å². The molecule has 9 heteroatoms. The quantitative estimate of drug-likeness (QED) is 0.660. The molecule has 0 aliphatic carbocycles. The summed E-state index contributed by atoms with van der Waals surface area (Å²) in [4.78, 5) is 0. The second kappa shape index (κ2) is 6.76. The van der Waals surface area contributed by atoms with E-state index in [1.54, 1.807) is 0 Å². The smallest absolute Gasteiger partial charge is 0.399 e. The van der Waals surface area contributed by atoms with Gasteiger partial charge in [0.25, 0.3) is 0 Å². The molecule has 1 aliphatic rings. The van der Waals surface area contributed by atoms with E-state index in [1.165, 1.54) is 18.2 Å². The predicted molar refractivity (Wildman–Crippen MR) is 89.6 cm³/mol. The highest BCUT2D eigenvalue weighted by atomic mass is 19.1. The van der Waals surface area contributed by atoms with Crippen molar-refractivity contribution in [2.75, 3.05) is 5.32 Å². The Balaban J connectivity index is 2.40. The summed E-state index contributed by atoms with van der Waals surface area (Å²) in [6.07, 6.45) is 0. The van der Waals surface area contributed by atoms with E-state index in [4.69, 9.17) is 25.1 Å². The highest BCUT2D eigenvalue weighted by molar-refractivity contribution is 6.62. The zero-order chi connectivity index (χ0) is 19.7. The van der Waals surface area contributed by atoms with Crippen molar-refractivity contribution in [3.8, 4) is 18.2 Å². The molecule has 0 aromatic heterocycles. The van der Waals surface area contributed by atoms with E-state index >= 15 is 0 Å². The van der Waals surface area contributed by atoms with Crippen LogP contribution in [0.4, 0.5) is 14.5 Å². The standard InChI is InChI=1S/C17H15BF2N4O2/c1-16(2)17(3,4)26-18(25-16)11-5-12(19)15(13(20)6-11)24-14(9-23)10(7-21)8-22/h5-6,24H,1-4H3. The second-order valence-corrected chi connectivity index (χ2v) is 6.66. The Morgan fingerprint density at radius 2 is 1.42 bits per heavy atom. The maximum Gasteiger partial charge on any atom is 0.495 e. The number of allylic oxidation sites excluding steroid dienone is 2. The van der Waals surface area contributed by atoms with E-state index in [0.717, 1.165) is 12.1 Å². The third kappa shape index (κ3) is 3.39. The van der Waals surface area contributed by atoms with Gasteiger partial charge in [0.05, 0.1) is 11.2 Å². The van der Waals surface area contributed by atoms with E-state index in [1.807, 2.05) is 27.7 Å². The molecule has 1 aromatic carbocycles. The van der Waals surface area contributed by atoms with Crippen LogP contribution in [0, 0.1) is 45.6 Å². The number of benzene rings is 1. The van der Waals surface area contributed by atoms with E-state index in [-0.39, 0.29) is 5.46 Å². The van der Waals surface area contributed by atoms with E-state index in [9.17, 15) is 8.78 Å². The van der Waals surface area contributed by atoms with E-state index < -0.39 is 46.9 Å². The minimum absolute atomic E-state index is 0.132. The van der Waals surface area contributed by atoms with Crippen LogP contribution in [0.3, 0.4) is 0 Å². The normalized spacial score (nSPS) is 17.0. The van der Waals surface area contributed by atoms with E-state index in [2.05, 4.69) is 5.32 Å². The largest absolute Gasteiger partial charge is 0.495 e. The number of hydrogen-bond acceptors (Lipinski definition) is 6. The number of hydrogen-bond donors (Lipinski definition) is 1. The molecule has 0 spiro atoms. The molecule has 0 atom stereocenters. The zero-order valence-corrected chi connectivity index (χ0v) is 14.6. The summed E-state index contributed by atoms with van der Waals surface area (Å²) in [6, 6.07) is 6.54.